The molecule has 0 radical (unpaired) electrons. The topological polar surface area (TPSA) is 55.0 Å². The third-order valence-corrected chi connectivity index (χ3v) is 2.63. The predicted molar refractivity (Wildman–Crippen MR) is 66.4 cm³/mol. The molecule has 1 aromatic carbocycles. The Morgan fingerprint density at radius 1 is 1.44 bits per heavy atom. The minimum atomic E-state index is -0.495. The van der Waals surface area contributed by atoms with E-state index in [0.717, 1.165) is 0 Å². The van der Waals surface area contributed by atoms with Gasteiger partial charge in [0.2, 0.25) is 0 Å². The lowest BCUT2D eigenvalue weighted by molar-refractivity contribution is 0.414. The van der Waals surface area contributed by atoms with Crippen LogP contribution in [0.1, 0.15) is 5.69 Å². The van der Waals surface area contributed by atoms with Crippen molar-refractivity contribution in [3.8, 4) is 17.1 Å². The Morgan fingerprint density at radius 2 is 2.22 bits per heavy atom. The monoisotopic (exact) mass is 268 g/mol. The van der Waals surface area contributed by atoms with Crippen LogP contribution < -0.4 is 10.3 Å². The van der Waals surface area contributed by atoms with Crippen LogP contribution in [0.5, 0.6) is 5.75 Å². The number of aromatic amines is 1. The van der Waals surface area contributed by atoms with Gasteiger partial charge in [0.15, 0.2) is 0 Å². The molecule has 2 rings (SSSR count). The lowest BCUT2D eigenvalue weighted by Crippen LogP contribution is -2.10. The SMILES string of the molecule is COc1ccc(F)c(-c2nc(CCl)cc(=O)[nH]2)c1. The van der Waals surface area contributed by atoms with Crippen molar-refractivity contribution < 1.29 is 9.13 Å². The molecule has 0 saturated heterocycles. The fraction of sp³-hybridized carbons (Fsp3) is 0.167. The highest BCUT2D eigenvalue weighted by Crippen LogP contribution is 2.23. The van der Waals surface area contributed by atoms with Crippen LogP contribution in [0.15, 0.2) is 29.1 Å². The maximum atomic E-state index is 13.7. The van der Waals surface area contributed by atoms with Crippen molar-refractivity contribution in [1.29, 1.82) is 0 Å². The van der Waals surface area contributed by atoms with Crippen molar-refractivity contribution in [3.63, 3.8) is 0 Å². The molecule has 0 aliphatic heterocycles. The zero-order valence-corrected chi connectivity index (χ0v) is 10.3. The molecule has 0 saturated carbocycles. The summed E-state index contributed by atoms with van der Waals surface area (Å²) in [5, 5.41) is 0. The van der Waals surface area contributed by atoms with E-state index < -0.39 is 5.82 Å². The van der Waals surface area contributed by atoms with Gasteiger partial charge >= 0.3 is 0 Å². The highest BCUT2D eigenvalue weighted by Gasteiger charge is 2.10. The summed E-state index contributed by atoms with van der Waals surface area (Å²) >= 11 is 5.62. The van der Waals surface area contributed by atoms with Gasteiger partial charge in [-0.3, -0.25) is 4.79 Å². The minimum Gasteiger partial charge on any atom is -0.497 e. The molecule has 0 spiro atoms. The first-order valence-corrected chi connectivity index (χ1v) is 5.67. The number of hydrogen-bond donors (Lipinski definition) is 1. The Balaban J connectivity index is 2.60. The molecular weight excluding hydrogens is 259 g/mol. The van der Waals surface area contributed by atoms with Gasteiger partial charge < -0.3 is 9.72 Å². The molecule has 1 aromatic heterocycles. The zero-order valence-electron chi connectivity index (χ0n) is 9.54. The standard InChI is InChI=1S/C12H10ClFN2O2/c1-18-8-2-3-10(14)9(5-8)12-15-7(6-13)4-11(17)16-12/h2-5H,6H2,1H3,(H,15,16,17). The molecule has 6 heteroatoms. The van der Waals surface area contributed by atoms with Gasteiger partial charge in [0.1, 0.15) is 17.4 Å². The van der Waals surface area contributed by atoms with E-state index in [9.17, 15) is 9.18 Å². The third kappa shape index (κ3) is 2.51. The summed E-state index contributed by atoms with van der Waals surface area (Å²) in [4.78, 5) is 17.9. The second-order valence-electron chi connectivity index (χ2n) is 3.56. The quantitative estimate of drug-likeness (QED) is 0.869. The molecule has 2 aromatic rings. The number of rotatable bonds is 3. The Labute approximate surface area is 107 Å². The Kier molecular flexibility index (Phi) is 3.62. The van der Waals surface area contributed by atoms with Crippen LogP contribution in [0, 0.1) is 5.82 Å². The third-order valence-electron chi connectivity index (χ3n) is 2.36. The van der Waals surface area contributed by atoms with Crippen LogP contribution in [0.4, 0.5) is 4.39 Å². The number of hydrogen-bond acceptors (Lipinski definition) is 3. The first kappa shape index (κ1) is 12.6. The molecule has 18 heavy (non-hydrogen) atoms. The van der Waals surface area contributed by atoms with Gasteiger partial charge in [0.05, 0.1) is 24.2 Å². The number of nitrogens with zero attached hydrogens (tertiary/aromatic N) is 1. The number of nitrogens with one attached hydrogen (secondary N) is 1. The van der Waals surface area contributed by atoms with Crippen LogP contribution in [0.25, 0.3) is 11.4 Å². The average Bonchev–Trinajstić information content (AvgIpc) is 2.38. The zero-order chi connectivity index (χ0) is 13.1. The van der Waals surface area contributed by atoms with E-state index in [4.69, 9.17) is 16.3 Å². The first-order valence-electron chi connectivity index (χ1n) is 5.14. The van der Waals surface area contributed by atoms with Crippen molar-refractivity contribution in [2.75, 3.05) is 7.11 Å². The fourth-order valence-electron chi connectivity index (χ4n) is 1.52. The maximum Gasteiger partial charge on any atom is 0.251 e. The van der Waals surface area contributed by atoms with E-state index >= 15 is 0 Å². The number of aromatic nitrogens is 2. The van der Waals surface area contributed by atoms with E-state index in [1.54, 1.807) is 0 Å². The van der Waals surface area contributed by atoms with Gasteiger partial charge in [-0.1, -0.05) is 0 Å². The summed E-state index contributed by atoms with van der Waals surface area (Å²) in [7, 11) is 1.47. The van der Waals surface area contributed by atoms with Crippen molar-refractivity contribution in [2.45, 2.75) is 5.88 Å². The maximum absolute atomic E-state index is 13.7. The molecule has 0 aliphatic carbocycles. The molecule has 0 fully saturated rings. The van der Waals surface area contributed by atoms with Gasteiger partial charge in [0, 0.05) is 6.07 Å². The first-order chi connectivity index (χ1) is 8.63. The van der Waals surface area contributed by atoms with E-state index in [0.29, 0.717) is 11.4 Å². The minimum absolute atomic E-state index is 0.0858. The molecular formula is C12H10ClFN2O2. The molecule has 1 heterocycles. The number of H-pyrrole nitrogens is 1. The largest absolute Gasteiger partial charge is 0.497 e. The highest BCUT2D eigenvalue weighted by atomic mass is 35.5. The molecule has 1 N–H and O–H groups in total. The Bertz CT molecular complexity index is 628. The summed E-state index contributed by atoms with van der Waals surface area (Å²) in [6.07, 6.45) is 0. The summed E-state index contributed by atoms with van der Waals surface area (Å²) in [5.41, 5.74) is 0.175. The van der Waals surface area contributed by atoms with Gasteiger partial charge in [-0.2, -0.15) is 0 Å². The summed E-state index contributed by atoms with van der Waals surface area (Å²) in [5.74, 6) is 0.202. The van der Waals surface area contributed by atoms with Gasteiger partial charge in [-0.25, -0.2) is 9.37 Å². The van der Waals surface area contributed by atoms with E-state index in [1.807, 2.05) is 0 Å². The number of benzene rings is 1. The molecule has 4 nitrogen and oxygen atoms in total. The second-order valence-corrected chi connectivity index (χ2v) is 3.83. The van der Waals surface area contributed by atoms with Crippen molar-refractivity contribution in [2.24, 2.45) is 0 Å². The molecule has 0 atom stereocenters. The summed E-state index contributed by atoms with van der Waals surface area (Å²) < 4.78 is 18.7. The van der Waals surface area contributed by atoms with Gasteiger partial charge in [-0.15, -0.1) is 11.6 Å². The average molecular weight is 269 g/mol. The predicted octanol–water partition coefficient (Wildman–Crippen LogP) is 2.32. The molecule has 0 aliphatic rings. The second kappa shape index (κ2) is 5.18. The number of halogens is 2. The Hall–Kier alpha value is -1.88. The fourth-order valence-corrected chi connectivity index (χ4v) is 1.65. The van der Waals surface area contributed by atoms with E-state index in [1.165, 1.54) is 31.4 Å². The molecule has 0 unspecified atom stereocenters. The summed E-state index contributed by atoms with van der Waals surface area (Å²) in [6.45, 7) is 0. The lowest BCUT2D eigenvalue weighted by atomic mass is 10.2. The van der Waals surface area contributed by atoms with Crippen molar-refractivity contribution >= 4 is 11.6 Å². The lowest BCUT2D eigenvalue weighted by Gasteiger charge is -2.06. The number of alkyl halides is 1. The smallest absolute Gasteiger partial charge is 0.251 e. The van der Waals surface area contributed by atoms with Crippen LogP contribution in [-0.2, 0) is 5.88 Å². The van der Waals surface area contributed by atoms with E-state index in [2.05, 4.69) is 9.97 Å². The van der Waals surface area contributed by atoms with Crippen LogP contribution in [0.3, 0.4) is 0 Å². The van der Waals surface area contributed by atoms with Gasteiger partial charge in [0.25, 0.3) is 5.56 Å². The molecule has 94 valence electrons. The van der Waals surface area contributed by atoms with Crippen LogP contribution in [0.2, 0.25) is 0 Å². The normalized spacial score (nSPS) is 10.4. The van der Waals surface area contributed by atoms with Crippen LogP contribution >= 0.6 is 11.6 Å². The Morgan fingerprint density at radius 3 is 2.89 bits per heavy atom. The van der Waals surface area contributed by atoms with Crippen molar-refractivity contribution in [1.82, 2.24) is 9.97 Å². The molecule has 0 amide bonds. The van der Waals surface area contributed by atoms with Crippen molar-refractivity contribution in [3.05, 3.63) is 46.1 Å². The van der Waals surface area contributed by atoms with Gasteiger partial charge in [-0.05, 0) is 18.2 Å². The van der Waals surface area contributed by atoms with Crippen LogP contribution in [-0.4, -0.2) is 17.1 Å². The summed E-state index contributed by atoms with van der Waals surface area (Å²) in [6, 6.07) is 5.48. The number of ether oxygens (including phenoxy) is 1. The van der Waals surface area contributed by atoms with E-state index in [-0.39, 0.29) is 22.8 Å². The molecule has 0 bridgehead atoms. The highest BCUT2D eigenvalue weighted by molar-refractivity contribution is 6.16. The number of methoxy groups -OCH3 is 1.